The van der Waals surface area contributed by atoms with E-state index in [2.05, 4.69) is 10.3 Å². The van der Waals surface area contributed by atoms with E-state index in [9.17, 15) is 4.79 Å². The number of hydrogen-bond donors (Lipinski definition) is 1. The molecule has 3 nitrogen and oxygen atoms in total. The van der Waals surface area contributed by atoms with Gasteiger partial charge in [-0.05, 0) is 68.8 Å². The number of hydrogen-bond acceptors (Lipinski definition) is 3. The largest absolute Gasteiger partial charge is 0.341 e. The van der Waals surface area contributed by atoms with Crippen molar-refractivity contribution in [2.24, 2.45) is 0 Å². The van der Waals surface area contributed by atoms with Gasteiger partial charge in [-0.1, -0.05) is 41.6 Å². The minimum Gasteiger partial charge on any atom is -0.341 e. The number of amides is 1. The second kappa shape index (κ2) is 8.15. The van der Waals surface area contributed by atoms with Gasteiger partial charge in [0.2, 0.25) is 0 Å². The van der Waals surface area contributed by atoms with Crippen LogP contribution in [0.3, 0.4) is 0 Å². The number of rotatable bonds is 5. The molecule has 2 aromatic carbocycles. The first-order valence-corrected chi connectivity index (χ1v) is 9.83. The van der Waals surface area contributed by atoms with Gasteiger partial charge in [-0.3, -0.25) is 9.78 Å². The fourth-order valence-corrected chi connectivity index (χ4v) is 3.94. The smallest absolute Gasteiger partial charge is 0.253 e. The average molecular weight is 397 g/mol. The average Bonchev–Trinajstić information content (AvgIpc) is 2.64. The van der Waals surface area contributed by atoms with E-state index in [4.69, 9.17) is 11.6 Å². The van der Waals surface area contributed by atoms with Crippen molar-refractivity contribution in [3.8, 4) is 0 Å². The molecule has 0 saturated heterocycles. The molecule has 0 fully saturated rings. The van der Waals surface area contributed by atoms with Crippen LogP contribution in [0.25, 0.3) is 0 Å². The van der Waals surface area contributed by atoms with Crippen molar-refractivity contribution in [3.63, 3.8) is 0 Å². The molecule has 27 heavy (non-hydrogen) atoms. The lowest BCUT2D eigenvalue weighted by Crippen LogP contribution is -2.42. The molecule has 0 bridgehead atoms. The van der Waals surface area contributed by atoms with Gasteiger partial charge < -0.3 is 5.32 Å². The third-order valence-corrected chi connectivity index (χ3v) is 5.55. The highest BCUT2D eigenvalue weighted by molar-refractivity contribution is 7.99. The molecule has 0 aliphatic rings. The van der Waals surface area contributed by atoms with E-state index in [0.29, 0.717) is 10.6 Å². The maximum atomic E-state index is 13.1. The quantitative estimate of drug-likeness (QED) is 0.587. The molecular weight excluding hydrogens is 376 g/mol. The van der Waals surface area contributed by atoms with E-state index < -0.39 is 5.54 Å². The Hall–Kier alpha value is -2.30. The summed E-state index contributed by atoms with van der Waals surface area (Å²) in [6.45, 7) is 5.86. The van der Waals surface area contributed by atoms with Crippen molar-refractivity contribution >= 4 is 29.3 Å². The van der Waals surface area contributed by atoms with Crippen molar-refractivity contribution in [3.05, 3.63) is 88.7 Å². The van der Waals surface area contributed by atoms with Gasteiger partial charge in [0.1, 0.15) is 0 Å². The van der Waals surface area contributed by atoms with Gasteiger partial charge >= 0.3 is 0 Å². The Labute approximate surface area is 169 Å². The van der Waals surface area contributed by atoms with E-state index in [-0.39, 0.29) is 5.91 Å². The predicted octanol–water partition coefficient (Wildman–Crippen LogP) is 5.86. The molecule has 0 atom stereocenters. The van der Waals surface area contributed by atoms with Crippen LogP contribution in [0.1, 0.15) is 35.5 Å². The number of aryl methyl sites for hydroxylation is 1. The van der Waals surface area contributed by atoms with Crippen LogP contribution in [-0.4, -0.2) is 10.9 Å². The Balaban J connectivity index is 1.89. The standard InChI is InChI=1S/C22H21ClN2OS/c1-15-7-6-8-18(27-17-12-10-16(23)11-13-17)20(15)21(26)25-22(2,3)19-9-4-5-14-24-19/h4-14H,1-3H3,(H,25,26). The lowest BCUT2D eigenvalue weighted by molar-refractivity contribution is 0.0906. The predicted molar refractivity (Wildman–Crippen MR) is 111 cm³/mol. The third kappa shape index (κ3) is 4.71. The number of halogens is 1. The lowest BCUT2D eigenvalue weighted by Gasteiger charge is -2.26. The molecule has 1 N–H and O–H groups in total. The van der Waals surface area contributed by atoms with Crippen LogP contribution in [-0.2, 0) is 5.54 Å². The first-order valence-electron chi connectivity index (χ1n) is 8.64. The molecule has 0 spiro atoms. The van der Waals surface area contributed by atoms with Crippen LogP contribution in [0.15, 0.2) is 76.7 Å². The number of carbonyl (C=O) groups is 1. The molecule has 0 radical (unpaired) electrons. The summed E-state index contributed by atoms with van der Waals surface area (Å²) in [5.41, 5.74) is 1.85. The molecule has 1 aromatic heterocycles. The molecule has 3 rings (SSSR count). The molecule has 0 saturated carbocycles. The van der Waals surface area contributed by atoms with Crippen molar-refractivity contribution in [1.29, 1.82) is 0 Å². The molecule has 5 heteroatoms. The van der Waals surface area contributed by atoms with Crippen molar-refractivity contribution < 1.29 is 4.79 Å². The minimum atomic E-state index is -0.581. The van der Waals surface area contributed by atoms with E-state index >= 15 is 0 Å². The molecule has 1 heterocycles. The van der Waals surface area contributed by atoms with E-state index in [1.165, 1.54) is 0 Å². The summed E-state index contributed by atoms with van der Waals surface area (Å²) in [6.07, 6.45) is 1.73. The highest BCUT2D eigenvalue weighted by Crippen LogP contribution is 2.33. The van der Waals surface area contributed by atoms with Crippen molar-refractivity contribution in [1.82, 2.24) is 10.3 Å². The number of carbonyl (C=O) groups excluding carboxylic acids is 1. The lowest BCUT2D eigenvalue weighted by atomic mass is 9.98. The summed E-state index contributed by atoms with van der Waals surface area (Å²) in [4.78, 5) is 19.5. The second-order valence-electron chi connectivity index (χ2n) is 6.80. The monoisotopic (exact) mass is 396 g/mol. The van der Waals surface area contributed by atoms with Gasteiger partial charge in [-0.15, -0.1) is 0 Å². The molecule has 138 valence electrons. The Morgan fingerprint density at radius 3 is 2.44 bits per heavy atom. The minimum absolute atomic E-state index is 0.111. The molecule has 0 aliphatic carbocycles. The van der Waals surface area contributed by atoms with Crippen LogP contribution >= 0.6 is 23.4 Å². The van der Waals surface area contributed by atoms with Gasteiger partial charge in [0.15, 0.2) is 0 Å². The fourth-order valence-electron chi connectivity index (χ4n) is 2.79. The number of pyridine rings is 1. The number of aromatic nitrogens is 1. The zero-order chi connectivity index (χ0) is 19.4. The Morgan fingerprint density at radius 1 is 1.04 bits per heavy atom. The Morgan fingerprint density at radius 2 is 1.78 bits per heavy atom. The topological polar surface area (TPSA) is 42.0 Å². The SMILES string of the molecule is Cc1cccc(Sc2ccc(Cl)cc2)c1C(=O)NC(C)(C)c1ccccn1. The summed E-state index contributed by atoms with van der Waals surface area (Å²) >= 11 is 7.53. The summed E-state index contributed by atoms with van der Waals surface area (Å²) in [5, 5.41) is 3.82. The van der Waals surface area contributed by atoms with Crippen LogP contribution in [0.4, 0.5) is 0 Å². The number of nitrogens with zero attached hydrogens (tertiary/aromatic N) is 1. The first kappa shape index (κ1) is 19.5. The van der Waals surface area contributed by atoms with Crippen molar-refractivity contribution in [2.75, 3.05) is 0 Å². The van der Waals surface area contributed by atoms with Crippen LogP contribution in [0.5, 0.6) is 0 Å². The van der Waals surface area contributed by atoms with E-state index in [1.807, 2.05) is 81.4 Å². The molecule has 1 amide bonds. The van der Waals surface area contributed by atoms with Crippen LogP contribution in [0, 0.1) is 6.92 Å². The molecule has 3 aromatic rings. The maximum absolute atomic E-state index is 13.1. The second-order valence-corrected chi connectivity index (χ2v) is 8.35. The summed E-state index contributed by atoms with van der Waals surface area (Å²) in [6, 6.07) is 19.2. The third-order valence-electron chi connectivity index (χ3n) is 4.23. The Kier molecular flexibility index (Phi) is 5.88. The van der Waals surface area contributed by atoms with Crippen molar-refractivity contribution in [2.45, 2.75) is 36.1 Å². The molecular formula is C22H21ClN2OS. The van der Waals surface area contributed by atoms with Gasteiger partial charge in [-0.2, -0.15) is 0 Å². The fraction of sp³-hybridized carbons (Fsp3) is 0.182. The number of benzene rings is 2. The highest BCUT2D eigenvalue weighted by atomic mass is 35.5. The molecule has 0 aliphatic heterocycles. The maximum Gasteiger partial charge on any atom is 0.253 e. The summed E-state index contributed by atoms with van der Waals surface area (Å²) in [7, 11) is 0. The normalized spacial score (nSPS) is 11.3. The Bertz CT molecular complexity index is 940. The summed E-state index contributed by atoms with van der Waals surface area (Å²) < 4.78 is 0. The zero-order valence-corrected chi connectivity index (χ0v) is 17.1. The van der Waals surface area contributed by atoms with E-state index in [1.54, 1.807) is 18.0 Å². The first-order chi connectivity index (χ1) is 12.9. The number of nitrogens with one attached hydrogen (secondary N) is 1. The molecule has 0 unspecified atom stereocenters. The van der Waals surface area contributed by atoms with Gasteiger partial charge in [0.25, 0.3) is 5.91 Å². The summed E-state index contributed by atoms with van der Waals surface area (Å²) in [5.74, 6) is -0.111. The van der Waals surface area contributed by atoms with Crippen LogP contribution < -0.4 is 5.32 Å². The van der Waals surface area contributed by atoms with Gasteiger partial charge in [-0.25, -0.2) is 0 Å². The zero-order valence-electron chi connectivity index (χ0n) is 15.5. The highest BCUT2D eigenvalue weighted by Gasteiger charge is 2.26. The van der Waals surface area contributed by atoms with Crippen LogP contribution in [0.2, 0.25) is 5.02 Å². The van der Waals surface area contributed by atoms with Gasteiger partial charge in [0, 0.05) is 21.0 Å². The van der Waals surface area contributed by atoms with E-state index in [0.717, 1.165) is 21.0 Å². The van der Waals surface area contributed by atoms with Gasteiger partial charge in [0.05, 0.1) is 16.8 Å².